The van der Waals surface area contributed by atoms with Gasteiger partial charge in [-0.3, -0.25) is 0 Å². The van der Waals surface area contributed by atoms with Gasteiger partial charge >= 0.3 is 0 Å². The molecule has 208 valence electrons. The second-order valence-corrected chi connectivity index (χ2v) is 11.3. The van der Waals surface area contributed by atoms with Crippen molar-refractivity contribution in [2.75, 3.05) is 26.2 Å². The molecule has 0 rings (SSSR count). The Balaban J connectivity index is 0. The molecular weight excluding hydrogens is 434 g/mol. The van der Waals surface area contributed by atoms with E-state index in [-0.39, 0.29) is 12.4 Å². The Labute approximate surface area is 224 Å². The molecule has 0 saturated carbocycles. The van der Waals surface area contributed by atoms with Crippen LogP contribution in [-0.2, 0) is 0 Å². The fourth-order valence-corrected chi connectivity index (χ4v) is 5.58. The maximum Gasteiger partial charge on any atom is 0.0786 e. The first kappa shape index (κ1) is 36.4. The monoisotopic (exact) mass is 502 g/mol. The third kappa shape index (κ3) is 24.0. The summed E-state index contributed by atoms with van der Waals surface area (Å²) in [5.41, 5.74) is 0. The lowest BCUT2D eigenvalue weighted by atomic mass is 10.0. The Morgan fingerprint density at radius 1 is 0.265 bits per heavy atom. The van der Waals surface area contributed by atoms with Crippen molar-refractivity contribution in [3.05, 3.63) is 0 Å². The summed E-state index contributed by atoms with van der Waals surface area (Å²) in [6, 6.07) is 0. The lowest BCUT2D eigenvalue weighted by Gasteiger charge is -2.40. The van der Waals surface area contributed by atoms with E-state index in [9.17, 15) is 0 Å². The topological polar surface area (TPSA) is 0 Å². The van der Waals surface area contributed by atoms with Gasteiger partial charge in [0, 0.05) is 0 Å². The molecule has 0 bridgehead atoms. The molecule has 1 nitrogen and oxygen atoms in total. The number of nitrogens with zero attached hydrogens (tertiary/aromatic N) is 1. The summed E-state index contributed by atoms with van der Waals surface area (Å²) >= 11 is 0. The largest absolute Gasteiger partial charge is 1.00 e. The van der Waals surface area contributed by atoms with Gasteiger partial charge in [0.15, 0.2) is 0 Å². The third-order valence-corrected chi connectivity index (χ3v) is 7.94. The third-order valence-electron chi connectivity index (χ3n) is 7.94. The van der Waals surface area contributed by atoms with Gasteiger partial charge < -0.3 is 16.9 Å². The van der Waals surface area contributed by atoms with E-state index in [1.165, 1.54) is 185 Å². The zero-order valence-corrected chi connectivity index (χ0v) is 25.4. The Morgan fingerprint density at radius 3 is 0.647 bits per heavy atom. The van der Waals surface area contributed by atoms with Gasteiger partial charge in [0.2, 0.25) is 0 Å². The Kier molecular flexibility index (Phi) is 31.6. The van der Waals surface area contributed by atoms with Crippen LogP contribution in [0.15, 0.2) is 0 Å². The second-order valence-electron chi connectivity index (χ2n) is 11.3. The van der Waals surface area contributed by atoms with Crippen molar-refractivity contribution in [1.29, 1.82) is 0 Å². The van der Waals surface area contributed by atoms with Gasteiger partial charge in [-0.15, -0.1) is 0 Å². The van der Waals surface area contributed by atoms with Crippen molar-refractivity contribution in [2.45, 2.75) is 182 Å². The molecule has 0 saturated heterocycles. The number of rotatable bonds is 28. The molecule has 0 aromatic rings. The Bertz CT molecular complexity index is 323. The van der Waals surface area contributed by atoms with E-state index in [1.807, 2.05) is 0 Å². The van der Waals surface area contributed by atoms with Gasteiger partial charge in [0.1, 0.15) is 0 Å². The van der Waals surface area contributed by atoms with E-state index in [4.69, 9.17) is 0 Å². The van der Waals surface area contributed by atoms with Gasteiger partial charge in [0.25, 0.3) is 0 Å². The number of hydrogen-bond acceptors (Lipinski definition) is 0. The summed E-state index contributed by atoms with van der Waals surface area (Å²) < 4.78 is 1.47. The molecular formula is C32H68ClN. The van der Waals surface area contributed by atoms with Crippen LogP contribution in [0.4, 0.5) is 0 Å². The summed E-state index contributed by atoms with van der Waals surface area (Å²) in [5, 5.41) is 0. The van der Waals surface area contributed by atoms with Crippen molar-refractivity contribution < 1.29 is 16.9 Å². The first-order valence-corrected chi connectivity index (χ1v) is 16.1. The average molecular weight is 502 g/mol. The van der Waals surface area contributed by atoms with Crippen LogP contribution in [0.2, 0.25) is 0 Å². The molecule has 0 fully saturated rings. The minimum Gasteiger partial charge on any atom is -1.00 e. The molecule has 0 aliphatic rings. The molecule has 0 aromatic heterocycles. The molecule has 0 atom stereocenters. The molecule has 0 aromatic carbocycles. The molecule has 0 aliphatic heterocycles. The zero-order valence-electron chi connectivity index (χ0n) is 24.6. The van der Waals surface area contributed by atoms with E-state index in [2.05, 4.69) is 27.7 Å². The quantitative estimate of drug-likeness (QED) is 0.0747. The predicted molar refractivity (Wildman–Crippen MR) is 153 cm³/mol. The van der Waals surface area contributed by atoms with E-state index in [0.717, 1.165) is 0 Å². The van der Waals surface area contributed by atoms with E-state index >= 15 is 0 Å². The second kappa shape index (κ2) is 29.5. The van der Waals surface area contributed by atoms with Gasteiger partial charge in [-0.25, -0.2) is 0 Å². The summed E-state index contributed by atoms with van der Waals surface area (Å²) in [6.45, 7) is 15.3. The van der Waals surface area contributed by atoms with Gasteiger partial charge in [-0.1, -0.05) is 130 Å². The van der Waals surface area contributed by atoms with Crippen LogP contribution in [0, 0.1) is 0 Å². The number of unbranched alkanes of at least 4 members (excludes halogenated alkanes) is 20. The van der Waals surface area contributed by atoms with Gasteiger partial charge in [-0.05, 0) is 51.4 Å². The molecule has 0 amide bonds. The highest BCUT2D eigenvalue weighted by Gasteiger charge is 2.25. The average Bonchev–Trinajstić information content (AvgIpc) is 2.82. The first-order chi connectivity index (χ1) is 16.2. The van der Waals surface area contributed by atoms with Crippen molar-refractivity contribution in [3.63, 3.8) is 0 Å². The van der Waals surface area contributed by atoms with Crippen molar-refractivity contribution in [2.24, 2.45) is 0 Å². The fraction of sp³-hybridized carbons (Fsp3) is 1.00. The van der Waals surface area contributed by atoms with Crippen LogP contribution in [0.25, 0.3) is 0 Å². The molecule has 0 spiro atoms. The smallest absolute Gasteiger partial charge is 0.0786 e. The van der Waals surface area contributed by atoms with Crippen LogP contribution in [-0.4, -0.2) is 30.7 Å². The number of hydrogen-bond donors (Lipinski definition) is 0. The molecule has 2 heteroatoms. The Hall–Kier alpha value is 0.250. The summed E-state index contributed by atoms with van der Waals surface area (Å²) in [4.78, 5) is 0. The molecule has 0 unspecified atom stereocenters. The van der Waals surface area contributed by atoms with E-state index in [0.29, 0.717) is 0 Å². The molecule has 34 heavy (non-hydrogen) atoms. The van der Waals surface area contributed by atoms with Crippen LogP contribution in [0.1, 0.15) is 182 Å². The lowest BCUT2D eigenvalue weighted by Crippen LogP contribution is -3.00. The highest BCUT2D eigenvalue weighted by Crippen LogP contribution is 2.20. The maximum atomic E-state index is 2.34. The molecule has 0 aliphatic carbocycles. The lowest BCUT2D eigenvalue weighted by molar-refractivity contribution is -0.929. The van der Waals surface area contributed by atoms with Crippen molar-refractivity contribution >= 4 is 0 Å². The number of halogens is 1. The SMILES string of the molecule is CCCCCCCCC[N+](CCCCCCC)(CCCCCCC)CCCCCCCCC.[Cl-]. The summed E-state index contributed by atoms with van der Waals surface area (Å²) in [6.07, 6.45) is 34.8. The summed E-state index contributed by atoms with van der Waals surface area (Å²) in [7, 11) is 0. The van der Waals surface area contributed by atoms with Crippen molar-refractivity contribution in [1.82, 2.24) is 0 Å². The molecule has 0 heterocycles. The van der Waals surface area contributed by atoms with Gasteiger partial charge in [0.05, 0.1) is 26.2 Å². The maximum absolute atomic E-state index is 2.34. The van der Waals surface area contributed by atoms with Crippen LogP contribution < -0.4 is 12.4 Å². The highest BCUT2D eigenvalue weighted by molar-refractivity contribution is 4.55. The first-order valence-electron chi connectivity index (χ1n) is 16.1. The number of quaternary nitrogens is 1. The highest BCUT2D eigenvalue weighted by atomic mass is 35.5. The van der Waals surface area contributed by atoms with Crippen molar-refractivity contribution in [3.8, 4) is 0 Å². The Morgan fingerprint density at radius 2 is 0.441 bits per heavy atom. The predicted octanol–water partition coefficient (Wildman–Crippen LogP) is 8.25. The van der Waals surface area contributed by atoms with E-state index < -0.39 is 0 Å². The normalized spacial score (nSPS) is 11.6. The fourth-order valence-electron chi connectivity index (χ4n) is 5.58. The van der Waals surface area contributed by atoms with Crippen LogP contribution >= 0.6 is 0 Å². The minimum absolute atomic E-state index is 0. The minimum atomic E-state index is 0. The molecule has 0 radical (unpaired) electrons. The standard InChI is InChI=1S/C32H68N.ClH/c1-5-9-13-17-19-23-27-31-33(29-25-21-15-11-7-3,30-26-22-16-12-8-4)32-28-24-20-18-14-10-6-2;/h5-32H2,1-4H3;1H/q+1;/p-1. The summed E-state index contributed by atoms with van der Waals surface area (Å²) in [5.74, 6) is 0. The van der Waals surface area contributed by atoms with Crippen LogP contribution in [0.3, 0.4) is 0 Å². The van der Waals surface area contributed by atoms with Gasteiger partial charge in [-0.2, -0.15) is 0 Å². The van der Waals surface area contributed by atoms with Crippen LogP contribution in [0.5, 0.6) is 0 Å². The van der Waals surface area contributed by atoms with E-state index in [1.54, 1.807) is 0 Å². The zero-order chi connectivity index (χ0) is 24.3. The molecule has 0 N–H and O–H groups in total.